The molecule has 0 amide bonds. The van der Waals surface area contributed by atoms with E-state index in [-0.39, 0.29) is 0 Å². The summed E-state index contributed by atoms with van der Waals surface area (Å²) in [5, 5.41) is 3.17. The zero-order valence-electron chi connectivity index (χ0n) is 12.7. The van der Waals surface area contributed by atoms with Crippen LogP contribution in [0.15, 0.2) is 18.7 Å². The molecule has 2 aromatic rings. The molecule has 0 aromatic carbocycles. The van der Waals surface area contributed by atoms with Gasteiger partial charge < -0.3 is 10.2 Å². The summed E-state index contributed by atoms with van der Waals surface area (Å²) in [4.78, 5) is 19.8. The lowest BCUT2D eigenvalue weighted by atomic mass is 9.93. The Morgan fingerprint density at radius 2 is 2.05 bits per heavy atom. The van der Waals surface area contributed by atoms with Gasteiger partial charge in [0.05, 0.1) is 0 Å². The third-order valence-corrected chi connectivity index (χ3v) is 3.64. The minimum absolute atomic E-state index is 0.306. The molecule has 1 aliphatic heterocycles. The summed E-state index contributed by atoms with van der Waals surface area (Å²) < 4.78 is 1.80. The summed E-state index contributed by atoms with van der Waals surface area (Å²) >= 11 is 0. The molecule has 2 aromatic heterocycles. The van der Waals surface area contributed by atoms with E-state index in [9.17, 15) is 0 Å². The summed E-state index contributed by atoms with van der Waals surface area (Å²) in [5.74, 6) is 1.93. The second kappa shape index (κ2) is 5.31. The zero-order chi connectivity index (χ0) is 14.9. The highest BCUT2D eigenvalue weighted by atomic mass is 15.3. The Bertz CT molecular complexity index is 606. The predicted molar refractivity (Wildman–Crippen MR) is 81.7 cm³/mol. The van der Waals surface area contributed by atoms with Gasteiger partial charge in [0.2, 0.25) is 17.8 Å². The average molecular weight is 287 g/mol. The second-order valence-electron chi connectivity index (χ2n) is 6.10. The van der Waals surface area contributed by atoms with Crippen LogP contribution in [0.3, 0.4) is 0 Å². The molecule has 21 heavy (non-hydrogen) atoms. The van der Waals surface area contributed by atoms with Gasteiger partial charge >= 0.3 is 0 Å². The van der Waals surface area contributed by atoms with Gasteiger partial charge in [-0.15, -0.1) is 0 Å². The third kappa shape index (κ3) is 2.96. The number of imidazole rings is 1. The molecule has 0 atom stereocenters. The van der Waals surface area contributed by atoms with Crippen molar-refractivity contribution in [2.24, 2.45) is 5.41 Å². The zero-order valence-corrected chi connectivity index (χ0v) is 12.7. The molecule has 0 radical (unpaired) electrons. The van der Waals surface area contributed by atoms with Crippen molar-refractivity contribution < 1.29 is 0 Å². The van der Waals surface area contributed by atoms with Crippen LogP contribution in [-0.2, 0) is 0 Å². The summed E-state index contributed by atoms with van der Waals surface area (Å²) in [7, 11) is 0. The first-order chi connectivity index (χ1) is 10.1. The first-order valence-corrected chi connectivity index (χ1v) is 7.31. The predicted octanol–water partition coefficient (Wildman–Crippen LogP) is 1.73. The Balaban J connectivity index is 1.96. The lowest BCUT2D eigenvalue weighted by Crippen LogP contribution is -2.26. The maximum atomic E-state index is 4.59. The van der Waals surface area contributed by atoms with E-state index in [1.54, 1.807) is 17.1 Å². The van der Waals surface area contributed by atoms with E-state index >= 15 is 0 Å². The van der Waals surface area contributed by atoms with Gasteiger partial charge in [-0.3, -0.25) is 4.57 Å². The smallest absolute Gasteiger partial charge is 0.241 e. The molecule has 3 heterocycles. The minimum atomic E-state index is 0.306. The van der Waals surface area contributed by atoms with E-state index in [0.29, 0.717) is 17.3 Å². The number of hydrogen-bond donors (Lipinski definition) is 1. The maximum Gasteiger partial charge on any atom is 0.241 e. The SMILES string of the molecule is CCNc1nc(N2CCC(C)(C)C2)nc(-n2ccnc2)n1. The van der Waals surface area contributed by atoms with E-state index < -0.39 is 0 Å². The topological polar surface area (TPSA) is 71.8 Å². The normalized spacial score (nSPS) is 17.2. The van der Waals surface area contributed by atoms with E-state index in [0.717, 1.165) is 32.0 Å². The highest BCUT2D eigenvalue weighted by Crippen LogP contribution is 2.31. The Hall–Kier alpha value is -2.18. The molecule has 112 valence electrons. The van der Waals surface area contributed by atoms with Crippen LogP contribution in [0.1, 0.15) is 27.2 Å². The van der Waals surface area contributed by atoms with Crippen LogP contribution in [0.2, 0.25) is 0 Å². The molecule has 7 nitrogen and oxygen atoms in total. The van der Waals surface area contributed by atoms with Crippen molar-refractivity contribution >= 4 is 11.9 Å². The van der Waals surface area contributed by atoms with Crippen LogP contribution in [0.5, 0.6) is 0 Å². The molecule has 7 heteroatoms. The number of aromatic nitrogens is 5. The fourth-order valence-corrected chi connectivity index (χ4v) is 2.51. The average Bonchev–Trinajstić information content (AvgIpc) is 3.08. The largest absolute Gasteiger partial charge is 0.354 e. The van der Waals surface area contributed by atoms with Gasteiger partial charge in [-0.25, -0.2) is 4.98 Å². The first-order valence-electron chi connectivity index (χ1n) is 7.31. The van der Waals surface area contributed by atoms with Crippen molar-refractivity contribution in [1.82, 2.24) is 24.5 Å². The van der Waals surface area contributed by atoms with Crippen molar-refractivity contribution in [3.05, 3.63) is 18.7 Å². The fourth-order valence-electron chi connectivity index (χ4n) is 2.51. The van der Waals surface area contributed by atoms with Crippen LogP contribution in [-0.4, -0.2) is 44.1 Å². The van der Waals surface area contributed by atoms with Gasteiger partial charge in [-0.1, -0.05) is 13.8 Å². The quantitative estimate of drug-likeness (QED) is 0.923. The van der Waals surface area contributed by atoms with E-state index in [1.807, 2.05) is 13.1 Å². The molecule has 0 aliphatic carbocycles. The van der Waals surface area contributed by atoms with Crippen molar-refractivity contribution in [3.63, 3.8) is 0 Å². The molecule has 0 unspecified atom stereocenters. The number of rotatable bonds is 4. The summed E-state index contributed by atoms with van der Waals surface area (Å²) in [5.41, 5.74) is 0.306. The Morgan fingerprint density at radius 1 is 1.24 bits per heavy atom. The molecule has 0 bridgehead atoms. The van der Waals surface area contributed by atoms with Gasteiger partial charge in [-0.05, 0) is 18.8 Å². The highest BCUT2D eigenvalue weighted by molar-refractivity contribution is 5.41. The third-order valence-electron chi connectivity index (χ3n) is 3.64. The van der Waals surface area contributed by atoms with Gasteiger partial charge in [0.25, 0.3) is 0 Å². The second-order valence-corrected chi connectivity index (χ2v) is 6.10. The molecular weight excluding hydrogens is 266 g/mol. The maximum absolute atomic E-state index is 4.59. The minimum Gasteiger partial charge on any atom is -0.354 e. The van der Waals surface area contributed by atoms with Crippen molar-refractivity contribution in [2.45, 2.75) is 27.2 Å². The number of nitrogens with zero attached hydrogens (tertiary/aromatic N) is 6. The molecule has 1 aliphatic rings. The summed E-state index contributed by atoms with van der Waals surface area (Å²) in [6.45, 7) is 9.29. The molecule has 3 rings (SSSR count). The van der Waals surface area contributed by atoms with Gasteiger partial charge in [0, 0.05) is 32.0 Å². The van der Waals surface area contributed by atoms with E-state index in [4.69, 9.17) is 0 Å². The molecule has 1 N–H and O–H groups in total. The molecule has 0 saturated carbocycles. The first kappa shape index (κ1) is 13.8. The molecule has 1 fully saturated rings. The van der Waals surface area contributed by atoms with Crippen LogP contribution in [0.25, 0.3) is 5.95 Å². The molecule has 0 spiro atoms. The van der Waals surface area contributed by atoms with Crippen molar-refractivity contribution in [2.75, 3.05) is 29.9 Å². The summed E-state index contributed by atoms with van der Waals surface area (Å²) in [6.07, 6.45) is 6.40. The standard InChI is InChI=1S/C14H21N7/c1-4-16-11-17-12(20-7-5-14(2,3)9-20)19-13(18-11)21-8-6-15-10-21/h6,8,10H,4-5,7,9H2,1-3H3,(H,16,17,18,19). The number of nitrogens with one attached hydrogen (secondary N) is 1. The lowest BCUT2D eigenvalue weighted by molar-refractivity contribution is 0.418. The Morgan fingerprint density at radius 3 is 2.67 bits per heavy atom. The van der Waals surface area contributed by atoms with Crippen molar-refractivity contribution in [1.29, 1.82) is 0 Å². The monoisotopic (exact) mass is 287 g/mol. The van der Waals surface area contributed by atoms with Crippen molar-refractivity contribution in [3.8, 4) is 5.95 Å². The van der Waals surface area contributed by atoms with Crippen LogP contribution in [0.4, 0.5) is 11.9 Å². The molecule has 1 saturated heterocycles. The highest BCUT2D eigenvalue weighted by Gasteiger charge is 2.31. The van der Waals surface area contributed by atoms with Crippen LogP contribution >= 0.6 is 0 Å². The van der Waals surface area contributed by atoms with Crippen LogP contribution < -0.4 is 10.2 Å². The van der Waals surface area contributed by atoms with E-state index in [2.05, 4.69) is 44.0 Å². The Kier molecular flexibility index (Phi) is 3.48. The molecular formula is C14H21N7. The summed E-state index contributed by atoms with van der Waals surface area (Å²) in [6, 6.07) is 0. The van der Waals surface area contributed by atoms with Gasteiger partial charge in [-0.2, -0.15) is 15.0 Å². The van der Waals surface area contributed by atoms with E-state index in [1.165, 1.54) is 0 Å². The fraction of sp³-hybridized carbons (Fsp3) is 0.571. The Labute approximate surface area is 124 Å². The van der Waals surface area contributed by atoms with Crippen LogP contribution in [0, 0.1) is 5.41 Å². The number of anilines is 2. The van der Waals surface area contributed by atoms with Gasteiger partial charge in [0.1, 0.15) is 6.33 Å². The van der Waals surface area contributed by atoms with Gasteiger partial charge in [0.15, 0.2) is 0 Å². The number of hydrogen-bond acceptors (Lipinski definition) is 6. The lowest BCUT2D eigenvalue weighted by Gasteiger charge is -2.20.